The first-order valence-corrected chi connectivity index (χ1v) is 6.10. The second-order valence-electron chi connectivity index (χ2n) is 4.06. The summed E-state index contributed by atoms with van der Waals surface area (Å²) in [6.07, 6.45) is 8.11. The summed E-state index contributed by atoms with van der Waals surface area (Å²) in [5.74, 6) is 0. The Morgan fingerprint density at radius 1 is 1.14 bits per heavy atom. The van der Waals surface area contributed by atoms with Crippen molar-refractivity contribution in [1.29, 1.82) is 0 Å². The average molecular weight is 201 g/mol. The summed E-state index contributed by atoms with van der Waals surface area (Å²) in [6, 6.07) is 0. The Hall–Kier alpha value is -0.0800. The molecule has 0 fully saturated rings. The van der Waals surface area contributed by atoms with Crippen molar-refractivity contribution in [2.45, 2.75) is 71.5 Å². The van der Waals surface area contributed by atoms with Gasteiger partial charge in [0.05, 0.1) is 12.2 Å². The third kappa shape index (κ3) is 7.34. The molecule has 2 nitrogen and oxygen atoms in total. The molecule has 2 N–H and O–H groups in total. The summed E-state index contributed by atoms with van der Waals surface area (Å²) < 4.78 is 5.80. The highest BCUT2D eigenvalue weighted by molar-refractivity contribution is 4.59. The van der Waals surface area contributed by atoms with Crippen LogP contribution in [0.5, 0.6) is 0 Å². The number of unbranched alkanes of at least 4 members (excludes halogenated alkanes) is 3. The van der Waals surface area contributed by atoms with Crippen LogP contribution in [0.15, 0.2) is 0 Å². The summed E-state index contributed by atoms with van der Waals surface area (Å²) in [5.41, 5.74) is 5.58. The normalized spacial score (nSPS) is 15.4. The zero-order valence-electron chi connectivity index (χ0n) is 10.1. The van der Waals surface area contributed by atoms with Crippen LogP contribution >= 0.6 is 0 Å². The smallest absolute Gasteiger partial charge is 0.0698 e. The van der Waals surface area contributed by atoms with Crippen LogP contribution in [0.4, 0.5) is 0 Å². The molecular formula is C12H27NO. The SMILES string of the molecule is CCCCCCC(C)OC(CC)CN. The molecule has 0 saturated carbocycles. The Kier molecular flexibility index (Phi) is 9.42. The van der Waals surface area contributed by atoms with Gasteiger partial charge in [-0.25, -0.2) is 0 Å². The third-order valence-electron chi connectivity index (χ3n) is 2.61. The first-order chi connectivity index (χ1) is 6.74. The predicted octanol–water partition coefficient (Wildman–Crippen LogP) is 3.10. The standard InChI is InChI=1S/C12H27NO/c1-4-6-7-8-9-11(3)14-12(5-2)10-13/h11-12H,4-10,13H2,1-3H3. The van der Waals surface area contributed by atoms with Gasteiger partial charge >= 0.3 is 0 Å². The van der Waals surface area contributed by atoms with Gasteiger partial charge in [-0.2, -0.15) is 0 Å². The summed E-state index contributed by atoms with van der Waals surface area (Å²) in [4.78, 5) is 0. The van der Waals surface area contributed by atoms with Gasteiger partial charge in [-0.3, -0.25) is 0 Å². The van der Waals surface area contributed by atoms with Gasteiger partial charge < -0.3 is 10.5 Å². The molecule has 0 aliphatic rings. The molecule has 0 aromatic carbocycles. The largest absolute Gasteiger partial charge is 0.374 e. The molecule has 0 saturated heterocycles. The first-order valence-electron chi connectivity index (χ1n) is 6.10. The van der Waals surface area contributed by atoms with Gasteiger partial charge in [0, 0.05) is 6.54 Å². The Balaban J connectivity index is 3.38. The van der Waals surface area contributed by atoms with Crippen molar-refractivity contribution in [3.63, 3.8) is 0 Å². The molecule has 14 heavy (non-hydrogen) atoms. The highest BCUT2D eigenvalue weighted by Crippen LogP contribution is 2.10. The van der Waals surface area contributed by atoms with Gasteiger partial charge in [-0.15, -0.1) is 0 Å². The molecule has 0 aliphatic carbocycles. The van der Waals surface area contributed by atoms with Crippen LogP contribution in [0, 0.1) is 0 Å². The van der Waals surface area contributed by atoms with E-state index < -0.39 is 0 Å². The Morgan fingerprint density at radius 3 is 2.36 bits per heavy atom. The maximum Gasteiger partial charge on any atom is 0.0698 e. The molecule has 0 spiro atoms. The van der Waals surface area contributed by atoms with Gasteiger partial charge in [-0.05, 0) is 19.8 Å². The molecule has 0 aromatic heterocycles. The molecular weight excluding hydrogens is 174 g/mol. The highest BCUT2D eigenvalue weighted by atomic mass is 16.5. The van der Waals surface area contributed by atoms with Gasteiger partial charge in [0.1, 0.15) is 0 Å². The van der Waals surface area contributed by atoms with Crippen molar-refractivity contribution in [2.75, 3.05) is 6.54 Å². The van der Waals surface area contributed by atoms with E-state index in [-0.39, 0.29) is 6.10 Å². The van der Waals surface area contributed by atoms with Gasteiger partial charge in [0.2, 0.25) is 0 Å². The maximum atomic E-state index is 5.80. The highest BCUT2D eigenvalue weighted by Gasteiger charge is 2.09. The predicted molar refractivity (Wildman–Crippen MR) is 62.4 cm³/mol. The first kappa shape index (κ1) is 13.9. The second kappa shape index (κ2) is 9.47. The summed E-state index contributed by atoms with van der Waals surface area (Å²) in [6.45, 7) is 7.17. The molecule has 2 heteroatoms. The third-order valence-corrected chi connectivity index (χ3v) is 2.61. The fraction of sp³-hybridized carbons (Fsp3) is 1.00. The monoisotopic (exact) mass is 201 g/mol. The van der Waals surface area contributed by atoms with E-state index in [0.717, 1.165) is 6.42 Å². The maximum absolute atomic E-state index is 5.80. The van der Waals surface area contributed by atoms with Crippen LogP contribution in [0.25, 0.3) is 0 Å². The summed E-state index contributed by atoms with van der Waals surface area (Å²) >= 11 is 0. The van der Waals surface area contributed by atoms with E-state index in [9.17, 15) is 0 Å². The van der Waals surface area contributed by atoms with Crippen LogP contribution in [0.2, 0.25) is 0 Å². The van der Waals surface area contributed by atoms with Crippen LogP contribution in [0.3, 0.4) is 0 Å². The average Bonchev–Trinajstić information content (AvgIpc) is 2.21. The number of hydrogen-bond acceptors (Lipinski definition) is 2. The molecule has 0 heterocycles. The van der Waals surface area contributed by atoms with E-state index in [1.54, 1.807) is 0 Å². The van der Waals surface area contributed by atoms with Crippen molar-refractivity contribution in [1.82, 2.24) is 0 Å². The van der Waals surface area contributed by atoms with Crippen LogP contribution in [0.1, 0.15) is 59.3 Å². The Labute approximate surface area is 89.2 Å². The molecule has 86 valence electrons. The molecule has 2 unspecified atom stereocenters. The van der Waals surface area contributed by atoms with Crippen LogP contribution in [-0.2, 0) is 4.74 Å². The van der Waals surface area contributed by atoms with Crippen molar-refractivity contribution in [2.24, 2.45) is 5.73 Å². The van der Waals surface area contributed by atoms with Crippen LogP contribution < -0.4 is 5.73 Å². The van der Waals surface area contributed by atoms with Crippen molar-refractivity contribution in [3.8, 4) is 0 Å². The molecule has 0 aliphatic heterocycles. The van der Waals surface area contributed by atoms with E-state index in [4.69, 9.17) is 10.5 Å². The van der Waals surface area contributed by atoms with Gasteiger partial charge in [0.15, 0.2) is 0 Å². The summed E-state index contributed by atoms with van der Waals surface area (Å²) in [7, 11) is 0. The van der Waals surface area contributed by atoms with E-state index in [2.05, 4.69) is 20.8 Å². The summed E-state index contributed by atoms with van der Waals surface area (Å²) in [5, 5.41) is 0. The number of nitrogens with two attached hydrogens (primary N) is 1. The topological polar surface area (TPSA) is 35.2 Å². The van der Waals surface area contributed by atoms with E-state index in [0.29, 0.717) is 12.6 Å². The van der Waals surface area contributed by atoms with Crippen molar-refractivity contribution in [3.05, 3.63) is 0 Å². The van der Waals surface area contributed by atoms with E-state index in [1.807, 2.05) is 0 Å². The lowest BCUT2D eigenvalue weighted by Crippen LogP contribution is -2.27. The minimum atomic E-state index is 0.260. The minimum Gasteiger partial charge on any atom is -0.374 e. The molecule has 0 aromatic rings. The quantitative estimate of drug-likeness (QED) is 0.582. The van der Waals surface area contributed by atoms with Gasteiger partial charge in [-0.1, -0.05) is 39.5 Å². The second-order valence-corrected chi connectivity index (χ2v) is 4.06. The van der Waals surface area contributed by atoms with E-state index >= 15 is 0 Å². The zero-order chi connectivity index (χ0) is 10.8. The Morgan fingerprint density at radius 2 is 1.86 bits per heavy atom. The van der Waals surface area contributed by atoms with Crippen molar-refractivity contribution < 1.29 is 4.74 Å². The van der Waals surface area contributed by atoms with Crippen molar-refractivity contribution >= 4 is 0 Å². The zero-order valence-corrected chi connectivity index (χ0v) is 10.1. The minimum absolute atomic E-state index is 0.260. The lowest BCUT2D eigenvalue weighted by Gasteiger charge is -2.19. The lowest BCUT2D eigenvalue weighted by atomic mass is 10.1. The fourth-order valence-electron chi connectivity index (χ4n) is 1.57. The molecule has 2 atom stereocenters. The molecule has 0 rings (SSSR count). The molecule has 0 amide bonds. The molecule has 0 radical (unpaired) electrons. The van der Waals surface area contributed by atoms with Crippen LogP contribution in [-0.4, -0.2) is 18.8 Å². The number of hydrogen-bond donors (Lipinski definition) is 1. The molecule has 0 bridgehead atoms. The van der Waals surface area contributed by atoms with E-state index in [1.165, 1.54) is 32.1 Å². The number of ether oxygens (including phenoxy) is 1. The Bertz CT molecular complexity index is 113. The lowest BCUT2D eigenvalue weighted by molar-refractivity contribution is -0.00389. The number of rotatable bonds is 9. The van der Waals surface area contributed by atoms with Gasteiger partial charge in [0.25, 0.3) is 0 Å². The fourth-order valence-corrected chi connectivity index (χ4v) is 1.57.